The van der Waals surface area contributed by atoms with Crippen LogP contribution in [0.25, 0.3) is 0 Å². The molecule has 68 valence electrons. The Hall–Kier alpha value is -0.740. The van der Waals surface area contributed by atoms with Crippen molar-refractivity contribution in [3.63, 3.8) is 0 Å². The first kappa shape index (κ1) is 7.89. The normalized spacial score (nSPS) is 24.5. The summed E-state index contributed by atoms with van der Waals surface area (Å²) >= 11 is 0. The van der Waals surface area contributed by atoms with Crippen molar-refractivity contribution in [2.45, 2.75) is 0 Å². The van der Waals surface area contributed by atoms with Crippen molar-refractivity contribution in [3.8, 4) is 0 Å². The zero-order chi connectivity index (χ0) is 8.23. The van der Waals surface area contributed by atoms with Gasteiger partial charge < -0.3 is 14.8 Å². The highest BCUT2D eigenvalue weighted by atomic mass is 16.7. The molecule has 0 aromatic rings. The van der Waals surface area contributed by atoms with Gasteiger partial charge in [0.1, 0.15) is 12.0 Å². The van der Waals surface area contributed by atoms with Crippen LogP contribution in [0.4, 0.5) is 0 Å². The first-order valence-electron chi connectivity index (χ1n) is 4.32. The highest BCUT2D eigenvalue weighted by molar-refractivity contribution is 4.94. The van der Waals surface area contributed by atoms with E-state index in [1.54, 1.807) is 6.26 Å². The summed E-state index contributed by atoms with van der Waals surface area (Å²) in [4.78, 5) is 2.36. The van der Waals surface area contributed by atoms with E-state index in [2.05, 4.69) is 10.2 Å². The fraction of sp³-hybridized carbons (Fsp3) is 0.750. The third-order valence-electron chi connectivity index (χ3n) is 2.12. The van der Waals surface area contributed by atoms with Crippen LogP contribution in [0.2, 0.25) is 0 Å². The molecule has 0 aromatic heterocycles. The Morgan fingerprint density at radius 2 is 2.25 bits per heavy atom. The van der Waals surface area contributed by atoms with Crippen LogP contribution < -0.4 is 5.32 Å². The molecule has 4 nitrogen and oxygen atoms in total. The van der Waals surface area contributed by atoms with Gasteiger partial charge in [0.25, 0.3) is 0 Å². The van der Waals surface area contributed by atoms with Gasteiger partial charge in [-0.2, -0.15) is 0 Å². The molecule has 0 aromatic carbocycles. The Labute approximate surface area is 72.1 Å². The summed E-state index contributed by atoms with van der Waals surface area (Å²) < 4.78 is 10.2. The van der Waals surface area contributed by atoms with Crippen LogP contribution in [-0.2, 0) is 9.47 Å². The number of ether oxygens (including phenoxy) is 2. The molecule has 2 aliphatic rings. The quantitative estimate of drug-likeness (QED) is 0.619. The molecule has 0 bridgehead atoms. The van der Waals surface area contributed by atoms with Crippen molar-refractivity contribution in [1.29, 1.82) is 0 Å². The molecule has 0 atom stereocenters. The van der Waals surface area contributed by atoms with E-state index in [4.69, 9.17) is 9.47 Å². The minimum atomic E-state index is 0.390. The molecule has 1 N–H and O–H groups in total. The van der Waals surface area contributed by atoms with Gasteiger partial charge in [-0.05, 0) is 0 Å². The fourth-order valence-electron chi connectivity index (χ4n) is 1.44. The number of nitrogens with zero attached hydrogens (tertiary/aromatic N) is 1. The standard InChI is InChI=1S/C8H14N2O2/c1-3-10(4-2-9-1)5-8-6-11-7-12-8/h6,9H,1-5,7H2. The lowest BCUT2D eigenvalue weighted by Crippen LogP contribution is -2.44. The van der Waals surface area contributed by atoms with Crippen LogP contribution in [0, 0.1) is 0 Å². The molecule has 0 unspecified atom stereocenters. The summed E-state index contributed by atoms with van der Waals surface area (Å²) in [6.07, 6.45) is 1.71. The second-order valence-electron chi connectivity index (χ2n) is 3.04. The molecule has 2 aliphatic heterocycles. The maximum absolute atomic E-state index is 5.23. The van der Waals surface area contributed by atoms with Gasteiger partial charge in [-0.1, -0.05) is 0 Å². The average Bonchev–Trinajstić information content (AvgIpc) is 2.59. The Bertz CT molecular complexity index is 176. The van der Waals surface area contributed by atoms with Gasteiger partial charge in [0.05, 0.1) is 6.54 Å². The molecule has 12 heavy (non-hydrogen) atoms. The minimum Gasteiger partial charge on any atom is -0.462 e. The molecule has 0 amide bonds. The highest BCUT2D eigenvalue weighted by Crippen LogP contribution is 2.08. The summed E-state index contributed by atoms with van der Waals surface area (Å²) in [5, 5.41) is 3.31. The topological polar surface area (TPSA) is 33.7 Å². The maximum Gasteiger partial charge on any atom is 0.229 e. The van der Waals surface area contributed by atoms with Crippen LogP contribution in [-0.4, -0.2) is 44.4 Å². The summed E-state index contributed by atoms with van der Waals surface area (Å²) in [6.45, 7) is 5.63. The van der Waals surface area contributed by atoms with E-state index in [9.17, 15) is 0 Å². The largest absolute Gasteiger partial charge is 0.462 e. The first-order valence-corrected chi connectivity index (χ1v) is 4.32. The van der Waals surface area contributed by atoms with Gasteiger partial charge in [-0.3, -0.25) is 4.90 Å². The van der Waals surface area contributed by atoms with Gasteiger partial charge in [-0.15, -0.1) is 0 Å². The number of nitrogens with one attached hydrogen (secondary N) is 1. The van der Waals surface area contributed by atoms with Crippen molar-refractivity contribution in [2.24, 2.45) is 0 Å². The van der Waals surface area contributed by atoms with Gasteiger partial charge in [0.15, 0.2) is 0 Å². The molecule has 0 radical (unpaired) electrons. The van der Waals surface area contributed by atoms with E-state index < -0.39 is 0 Å². The molecule has 1 fully saturated rings. The Morgan fingerprint density at radius 1 is 1.42 bits per heavy atom. The van der Waals surface area contributed by atoms with Crippen molar-refractivity contribution in [2.75, 3.05) is 39.5 Å². The zero-order valence-electron chi connectivity index (χ0n) is 7.08. The number of hydrogen-bond acceptors (Lipinski definition) is 4. The van der Waals surface area contributed by atoms with E-state index in [0.29, 0.717) is 6.79 Å². The molecular weight excluding hydrogens is 156 g/mol. The summed E-state index contributed by atoms with van der Waals surface area (Å²) in [7, 11) is 0. The van der Waals surface area contributed by atoms with E-state index >= 15 is 0 Å². The van der Waals surface area contributed by atoms with E-state index in [1.807, 2.05) is 0 Å². The van der Waals surface area contributed by atoms with Crippen LogP contribution in [0.1, 0.15) is 0 Å². The minimum absolute atomic E-state index is 0.390. The molecular formula is C8H14N2O2. The van der Waals surface area contributed by atoms with Crippen LogP contribution in [0.3, 0.4) is 0 Å². The highest BCUT2D eigenvalue weighted by Gasteiger charge is 2.14. The van der Waals surface area contributed by atoms with Crippen molar-refractivity contribution in [3.05, 3.63) is 12.0 Å². The average molecular weight is 170 g/mol. The second-order valence-corrected chi connectivity index (χ2v) is 3.04. The predicted octanol–water partition coefficient (Wildman–Crippen LogP) is -0.263. The third-order valence-corrected chi connectivity index (χ3v) is 2.12. The van der Waals surface area contributed by atoms with Gasteiger partial charge in [0, 0.05) is 26.2 Å². The third kappa shape index (κ3) is 1.89. The van der Waals surface area contributed by atoms with E-state index in [1.165, 1.54) is 0 Å². The number of rotatable bonds is 2. The smallest absolute Gasteiger partial charge is 0.229 e. The Kier molecular flexibility index (Phi) is 2.48. The van der Waals surface area contributed by atoms with Crippen LogP contribution in [0.15, 0.2) is 12.0 Å². The molecule has 2 heterocycles. The molecule has 0 saturated carbocycles. The van der Waals surface area contributed by atoms with Crippen LogP contribution in [0.5, 0.6) is 0 Å². The summed E-state index contributed by atoms with van der Waals surface area (Å²) in [5.74, 6) is 0.955. The van der Waals surface area contributed by atoms with Gasteiger partial charge >= 0.3 is 0 Å². The predicted molar refractivity (Wildman–Crippen MR) is 44.4 cm³/mol. The molecule has 4 heteroatoms. The Morgan fingerprint density at radius 3 is 2.92 bits per heavy atom. The zero-order valence-corrected chi connectivity index (χ0v) is 7.08. The monoisotopic (exact) mass is 170 g/mol. The van der Waals surface area contributed by atoms with E-state index in [0.717, 1.165) is 38.5 Å². The SMILES string of the molecule is C1=C(CN2CCNCC2)OCO1. The molecule has 0 aliphatic carbocycles. The van der Waals surface area contributed by atoms with Crippen molar-refractivity contribution >= 4 is 0 Å². The Balaban J connectivity index is 1.77. The lowest BCUT2D eigenvalue weighted by molar-refractivity contribution is 0.0716. The van der Waals surface area contributed by atoms with Crippen molar-refractivity contribution < 1.29 is 9.47 Å². The molecule has 2 rings (SSSR count). The van der Waals surface area contributed by atoms with Crippen molar-refractivity contribution in [1.82, 2.24) is 10.2 Å². The lowest BCUT2D eigenvalue weighted by atomic mass is 10.3. The lowest BCUT2D eigenvalue weighted by Gasteiger charge is -2.26. The fourth-order valence-corrected chi connectivity index (χ4v) is 1.44. The first-order chi connectivity index (χ1) is 5.95. The summed E-state index contributed by atoms with van der Waals surface area (Å²) in [6, 6.07) is 0. The maximum atomic E-state index is 5.23. The number of piperazine rings is 1. The molecule has 1 saturated heterocycles. The molecule has 0 spiro atoms. The van der Waals surface area contributed by atoms with Gasteiger partial charge in [-0.25, -0.2) is 0 Å². The number of hydrogen-bond donors (Lipinski definition) is 1. The van der Waals surface area contributed by atoms with E-state index in [-0.39, 0.29) is 0 Å². The van der Waals surface area contributed by atoms with Gasteiger partial charge in [0.2, 0.25) is 6.79 Å². The second kappa shape index (κ2) is 3.78. The summed E-state index contributed by atoms with van der Waals surface area (Å²) in [5.41, 5.74) is 0. The van der Waals surface area contributed by atoms with Crippen LogP contribution >= 0.6 is 0 Å².